The number of aryl methyl sites for hydroxylation is 2. The van der Waals surface area contributed by atoms with Crippen LogP contribution in [0.5, 0.6) is 0 Å². The summed E-state index contributed by atoms with van der Waals surface area (Å²) in [6.07, 6.45) is -4.50. The third-order valence-electron chi connectivity index (χ3n) is 3.00. The number of hydrogen-bond donors (Lipinski definition) is 1. The summed E-state index contributed by atoms with van der Waals surface area (Å²) in [5.74, 6) is -0.714. The number of nitrogens with one attached hydrogen (secondary N) is 1. The van der Waals surface area contributed by atoms with Gasteiger partial charge in [-0.05, 0) is 39.0 Å². The molecule has 0 saturated heterocycles. The van der Waals surface area contributed by atoms with Crippen LogP contribution in [0.1, 0.15) is 34.1 Å². The first-order valence-corrected chi connectivity index (χ1v) is 7.07. The van der Waals surface area contributed by atoms with Crippen LogP contribution in [0, 0.1) is 19.7 Å². The molecule has 1 unspecified atom stereocenters. The molecule has 0 bridgehead atoms. The lowest BCUT2D eigenvalue weighted by molar-refractivity contribution is -0.137. The lowest BCUT2D eigenvalue weighted by Gasteiger charge is -2.16. The first-order valence-electron chi connectivity index (χ1n) is 6.25. The lowest BCUT2D eigenvalue weighted by Crippen LogP contribution is -2.10. The predicted molar refractivity (Wildman–Crippen MR) is 75.0 cm³/mol. The molecule has 7 heteroatoms. The summed E-state index contributed by atoms with van der Waals surface area (Å²) in [7, 11) is 0. The van der Waals surface area contributed by atoms with Crippen molar-refractivity contribution in [3.05, 3.63) is 45.2 Å². The maximum atomic E-state index is 13.7. The normalized spacial score (nSPS) is 13.3. The summed E-state index contributed by atoms with van der Waals surface area (Å²) in [6.45, 7) is 5.43. The predicted octanol–water partition coefficient (Wildman–Crippen LogP) is 5.09. The first-order chi connectivity index (χ1) is 9.68. The molecular formula is C14H14F4N2S. The standard InChI is InChI=1S/C14H14F4N2S/c1-7-13(21-9(3)19-7)8(2)20-12-6-10(14(16,17)18)4-5-11(12)15/h4-6,8,20H,1-3H3. The van der Waals surface area contributed by atoms with Gasteiger partial charge >= 0.3 is 6.18 Å². The van der Waals surface area contributed by atoms with E-state index < -0.39 is 17.6 Å². The van der Waals surface area contributed by atoms with Gasteiger partial charge in [0.25, 0.3) is 0 Å². The van der Waals surface area contributed by atoms with Gasteiger partial charge in [-0.2, -0.15) is 13.2 Å². The number of aromatic nitrogens is 1. The average Bonchev–Trinajstić information content (AvgIpc) is 2.70. The van der Waals surface area contributed by atoms with Gasteiger partial charge in [-0.25, -0.2) is 9.37 Å². The second kappa shape index (κ2) is 5.63. The quantitative estimate of drug-likeness (QED) is 0.797. The second-order valence-corrected chi connectivity index (χ2v) is 5.98. The number of nitrogens with zero attached hydrogens (tertiary/aromatic N) is 1. The molecular weight excluding hydrogens is 304 g/mol. The van der Waals surface area contributed by atoms with E-state index >= 15 is 0 Å². The van der Waals surface area contributed by atoms with Crippen LogP contribution >= 0.6 is 11.3 Å². The topological polar surface area (TPSA) is 24.9 Å². The van der Waals surface area contributed by atoms with E-state index in [4.69, 9.17) is 0 Å². The van der Waals surface area contributed by atoms with Gasteiger partial charge in [-0.15, -0.1) is 11.3 Å². The summed E-state index contributed by atoms with van der Waals surface area (Å²) in [5, 5.41) is 3.65. The lowest BCUT2D eigenvalue weighted by atomic mass is 10.1. The van der Waals surface area contributed by atoms with Crippen LogP contribution in [-0.4, -0.2) is 4.98 Å². The highest BCUT2D eigenvalue weighted by molar-refractivity contribution is 7.11. The van der Waals surface area contributed by atoms with E-state index in [1.54, 1.807) is 6.92 Å². The smallest absolute Gasteiger partial charge is 0.375 e. The Kier molecular flexibility index (Phi) is 4.22. The number of benzene rings is 1. The maximum Gasteiger partial charge on any atom is 0.416 e. The number of thiazole rings is 1. The Morgan fingerprint density at radius 1 is 1.24 bits per heavy atom. The zero-order valence-electron chi connectivity index (χ0n) is 11.7. The SMILES string of the molecule is Cc1nc(C)c(C(C)Nc2cc(C(F)(F)F)ccc2F)s1. The molecule has 0 saturated carbocycles. The number of hydrogen-bond acceptors (Lipinski definition) is 3. The molecule has 1 atom stereocenters. The summed E-state index contributed by atoms with van der Waals surface area (Å²) < 4.78 is 51.7. The van der Waals surface area contributed by atoms with E-state index in [1.807, 2.05) is 13.8 Å². The summed E-state index contributed by atoms with van der Waals surface area (Å²) in [5.41, 5.74) is -0.247. The van der Waals surface area contributed by atoms with Gasteiger partial charge in [0.1, 0.15) is 5.82 Å². The van der Waals surface area contributed by atoms with Crippen LogP contribution in [0.25, 0.3) is 0 Å². The third kappa shape index (κ3) is 3.53. The minimum absolute atomic E-state index is 0.164. The Labute approximate surface area is 123 Å². The molecule has 114 valence electrons. The minimum Gasteiger partial charge on any atom is -0.375 e. The van der Waals surface area contributed by atoms with Gasteiger partial charge < -0.3 is 5.32 Å². The largest absolute Gasteiger partial charge is 0.416 e. The number of alkyl halides is 3. The Balaban J connectivity index is 2.28. The van der Waals surface area contributed by atoms with E-state index in [-0.39, 0.29) is 11.7 Å². The first kappa shape index (κ1) is 15.8. The fourth-order valence-corrected chi connectivity index (χ4v) is 2.99. The average molecular weight is 318 g/mol. The van der Waals surface area contributed by atoms with Crippen LogP contribution in [0.3, 0.4) is 0 Å². The van der Waals surface area contributed by atoms with Gasteiger partial charge in [-0.3, -0.25) is 0 Å². The molecule has 0 spiro atoms. The molecule has 0 radical (unpaired) electrons. The van der Waals surface area contributed by atoms with E-state index in [0.29, 0.717) is 0 Å². The Bertz CT molecular complexity index is 649. The minimum atomic E-state index is -4.50. The van der Waals surface area contributed by atoms with Crippen molar-refractivity contribution in [1.29, 1.82) is 0 Å². The van der Waals surface area contributed by atoms with Crippen molar-refractivity contribution in [3.8, 4) is 0 Å². The van der Waals surface area contributed by atoms with Crippen molar-refractivity contribution in [1.82, 2.24) is 4.98 Å². The van der Waals surface area contributed by atoms with Crippen molar-refractivity contribution in [2.24, 2.45) is 0 Å². The second-order valence-electron chi connectivity index (χ2n) is 4.74. The molecule has 0 fully saturated rings. The summed E-state index contributed by atoms with van der Waals surface area (Å²) in [4.78, 5) is 5.14. The van der Waals surface area contributed by atoms with Gasteiger partial charge in [0.15, 0.2) is 0 Å². The van der Waals surface area contributed by atoms with Crippen molar-refractivity contribution in [3.63, 3.8) is 0 Å². The fourth-order valence-electron chi connectivity index (χ4n) is 2.06. The Morgan fingerprint density at radius 2 is 1.90 bits per heavy atom. The van der Waals surface area contributed by atoms with Crippen LogP contribution < -0.4 is 5.32 Å². The zero-order valence-corrected chi connectivity index (χ0v) is 12.5. The molecule has 1 aromatic carbocycles. The summed E-state index contributed by atoms with van der Waals surface area (Å²) >= 11 is 1.44. The van der Waals surface area contributed by atoms with Crippen LogP contribution in [0.2, 0.25) is 0 Å². The molecule has 2 nitrogen and oxygen atoms in total. The highest BCUT2D eigenvalue weighted by Gasteiger charge is 2.31. The Morgan fingerprint density at radius 3 is 2.43 bits per heavy atom. The van der Waals surface area contributed by atoms with E-state index in [1.165, 1.54) is 11.3 Å². The monoisotopic (exact) mass is 318 g/mol. The van der Waals surface area contributed by atoms with E-state index in [0.717, 1.165) is 33.8 Å². The molecule has 1 N–H and O–H groups in total. The molecule has 0 amide bonds. The molecule has 2 rings (SSSR count). The maximum absolute atomic E-state index is 13.7. The van der Waals surface area contributed by atoms with Crippen molar-refractivity contribution in [2.45, 2.75) is 33.0 Å². The zero-order chi connectivity index (χ0) is 15.8. The third-order valence-corrected chi connectivity index (χ3v) is 4.25. The highest BCUT2D eigenvalue weighted by Crippen LogP contribution is 2.34. The molecule has 1 aromatic heterocycles. The summed E-state index contributed by atoms with van der Waals surface area (Å²) in [6, 6.07) is 2.01. The van der Waals surface area contributed by atoms with Gasteiger partial charge in [0.2, 0.25) is 0 Å². The van der Waals surface area contributed by atoms with E-state index in [2.05, 4.69) is 10.3 Å². The molecule has 0 aliphatic carbocycles. The molecule has 2 aromatic rings. The number of anilines is 1. The van der Waals surface area contributed by atoms with Crippen LogP contribution in [-0.2, 0) is 6.18 Å². The molecule has 0 aliphatic rings. The van der Waals surface area contributed by atoms with E-state index in [9.17, 15) is 17.6 Å². The number of rotatable bonds is 3. The molecule has 21 heavy (non-hydrogen) atoms. The number of halogens is 4. The molecule has 1 heterocycles. The Hall–Kier alpha value is -1.63. The van der Waals surface area contributed by atoms with Crippen LogP contribution in [0.4, 0.5) is 23.2 Å². The fraction of sp³-hybridized carbons (Fsp3) is 0.357. The van der Waals surface area contributed by atoms with Crippen molar-refractivity contribution in [2.75, 3.05) is 5.32 Å². The molecule has 0 aliphatic heterocycles. The van der Waals surface area contributed by atoms with Gasteiger partial charge in [-0.1, -0.05) is 0 Å². The van der Waals surface area contributed by atoms with Gasteiger partial charge in [0, 0.05) is 4.88 Å². The van der Waals surface area contributed by atoms with Crippen LogP contribution in [0.15, 0.2) is 18.2 Å². The van der Waals surface area contributed by atoms with Crippen molar-refractivity contribution >= 4 is 17.0 Å². The highest BCUT2D eigenvalue weighted by atomic mass is 32.1. The van der Waals surface area contributed by atoms with Gasteiger partial charge in [0.05, 0.1) is 28.0 Å². The van der Waals surface area contributed by atoms with Crippen molar-refractivity contribution < 1.29 is 17.6 Å².